The minimum Gasteiger partial charge on any atom is -0.744 e. The van der Waals surface area contributed by atoms with E-state index in [4.69, 9.17) is 0 Å². The number of rotatable bonds is 10. The number of Topliss-reactive ketones (excluding diaryl/α,β-unsaturated/α-hetero) is 1. The van der Waals surface area contributed by atoms with E-state index >= 15 is 0 Å². The molecule has 0 aliphatic heterocycles. The van der Waals surface area contributed by atoms with Gasteiger partial charge in [-0.05, 0) is 60.0 Å². The number of para-hydroxylation sites is 1. The predicted molar refractivity (Wildman–Crippen MR) is 182 cm³/mol. The maximum atomic E-state index is 14.4. The maximum Gasteiger partial charge on any atom is 1.00 e. The second kappa shape index (κ2) is 18.3. The van der Waals surface area contributed by atoms with Crippen molar-refractivity contribution in [3.63, 3.8) is 0 Å². The van der Waals surface area contributed by atoms with Crippen molar-refractivity contribution in [3.8, 4) is 0 Å². The number of hydrogen-bond acceptors (Lipinski definition) is 17. The molecule has 3 N–H and O–H groups in total. The molecule has 0 spiro atoms. The number of allylic oxidation sites excluding steroid dienone is 1. The quantitative estimate of drug-likeness (QED) is 0.0673. The Morgan fingerprint density at radius 1 is 0.727 bits per heavy atom. The Morgan fingerprint density at radius 3 is 2.04 bits per heavy atom. The van der Waals surface area contributed by atoms with Crippen LogP contribution in [0.5, 0.6) is 0 Å². The summed E-state index contributed by atoms with van der Waals surface area (Å²) in [6, 6.07) is 15.9. The van der Waals surface area contributed by atoms with E-state index in [1.54, 1.807) is 12.1 Å². The summed E-state index contributed by atoms with van der Waals surface area (Å²) in [5.74, 6) is -1.50. The molecule has 0 unspecified atom stereocenters. The minimum absolute atomic E-state index is 0. The van der Waals surface area contributed by atoms with Gasteiger partial charge in [0.2, 0.25) is 17.7 Å². The summed E-state index contributed by atoms with van der Waals surface area (Å²) < 4.78 is 123. The largest absolute Gasteiger partial charge is 1.00 e. The first-order valence-corrected chi connectivity index (χ1v) is 18.9. The third-order valence-corrected chi connectivity index (χ3v) is 10.3. The van der Waals surface area contributed by atoms with E-state index in [2.05, 4.69) is 36.1 Å². The van der Waals surface area contributed by atoms with E-state index in [-0.39, 0.29) is 117 Å². The van der Waals surface area contributed by atoms with Gasteiger partial charge in [0, 0.05) is 27.7 Å². The van der Waals surface area contributed by atoms with Crippen LogP contribution < -0.4 is 105 Å². The molecule has 0 atom stereocenters. The molecule has 4 aromatic carbocycles. The number of halogens is 1. The molecule has 6 rings (SSSR count). The van der Waals surface area contributed by atoms with Crippen LogP contribution in [-0.2, 0) is 36.8 Å². The molecule has 0 saturated heterocycles. The Bertz CT molecular complexity index is 2740. The fraction of sp³-hybridized carbons (Fsp3) is 0.0645. The summed E-state index contributed by atoms with van der Waals surface area (Å²) in [6.07, 6.45) is 0.354. The number of fused-ring (bicyclic) bond motifs is 2. The number of aryl methyl sites for hydroxylation is 1. The number of ketones is 1. The number of nitrogens with one attached hydrogen (secondary N) is 3. The van der Waals surface area contributed by atoms with Crippen LogP contribution in [0.4, 0.5) is 33.3 Å². The normalized spacial score (nSPS) is 13.4. The van der Waals surface area contributed by atoms with Crippen molar-refractivity contribution >= 4 is 87.7 Å². The van der Waals surface area contributed by atoms with Crippen molar-refractivity contribution < 1.29 is 137 Å². The monoisotopic (exact) mass is 835 g/mol. The average molecular weight is 836 g/mol. The number of aromatic nitrogens is 3. The fourth-order valence-electron chi connectivity index (χ4n) is 5.37. The van der Waals surface area contributed by atoms with Gasteiger partial charge in [-0.3, -0.25) is 10.2 Å². The number of benzene rings is 4. The van der Waals surface area contributed by atoms with Gasteiger partial charge in [-0.25, -0.2) is 25.3 Å². The Morgan fingerprint density at radius 2 is 1.40 bits per heavy atom. The summed E-state index contributed by atoms with van der Waals surface area (Å²) >= 11 is 0. The van der Waals surface area contributed by atoms with E-state index in [0.29, 0.717) is 12.1 Å². The molecule has 1 aromatic heterocycles. The van der Waals surface area contributed by atoms with Crippen molar-refractivity contribution in [1.82, 2.24) is 15.0 Å². The van der Waals surface area contributed by atoms with Gasteiger partial charge >= 0.3 is 94.8 Å². The SMILES string of the molecule is CCc1ccccc1Nc1nc(F)nc(Nc2ccc3c(c2)C=C(S(=O)(=O)[O-])/C(=N/Nc2ccc4c(S(=O)(=O)[O-])cccc4c2S(=O)(=O)[O-])C3=O)n1.[Na+].[Na+].[Na+]. The van der Waals surface area contributed by atoms with Crippen LogP contribution in [0.15, 0.2) is 92.6 Å². The van der Waals surface area contributed by atoms with Crippen molar-refractivity contribution in [2.45, 2.75) is 23.1 Å². The van der Waals surface area contributed by atoms with E-state index in [1.807, 2.05) is 19.1 Å². The number of hydrazone groups is 1. The van der Waals surface area contributed by atoms with Crippen LogP contribution in [0.25, 0.3) is 16.8 Å². The van der Waals surface area contributed by atoms with Crippen LogP contribution in [0.1, 0.15) is 28.4 Å². The Labute approximate surface area is 379 Å². The van der Waals surface area contributed by atoms with Gasteiger partial charge in [-0.2, -0.15) is 24.4 Å². The second-order valence-corrected chi connectivity index (χ2v) is 14.9. The smallest absolute Gasteiger partial charge is 0.744 e. The molecule has 1 aliphatic rings. The molecule has 268 valence electrons. The van der Waals surface area contributed by atoms with Gasteiger partial charge < -0.3 is 24.3 Å². The first-order valence-electron chi connectivity index (χ1n) is 14.7. The average Bonchev–Trinajstić information content (AvgIpc) is 3.05. The van der Waals surface area contributed by atoms with Crippen molar-refractivity contribution in [3.05, 3.63) is 100 Å². The molecule has 0 fully saturated rings. The first-order chi connectivity index (χ1) is 24.4. The molecule has 24 heteroatoms. The van der Waals surface area contributed by atoms with Crippen LogP contribution in [0, 0.1) is 6.08 Å². The Hall–Kier alpha value is -2.71. The summed E-state index contributed by atoms with van der Waals surface area (Å²) in [6.45, 7) is 1.93. The van der Waals surface area contributed by atoms with Gasteiger partial charge in [0.15, 0.2) is 0 Å². The zero-order valence-corrected chi connectivity index (χ0v) is 37.6. The van der Waals surface area contributed by atoms with Crippen LogP contribution in [0.3, 0.4) is 0 Å². The van der Waals surface area contributed by atoms with Crippen LogP contribution in [-0.4, -0.2) is 65.4 Å². The fourth-order valence-corrected chi connectivity index (χ4v) is 7.54. The van der Waals surface area contributed by atoms with Gasteiger partial charge in [0.1, 0.15) is 36.1 Å². The minimum atomic E-state index is -5.44. The second-order valence-electron chi connectivity index (χ2n) is 10.9. The zero-order chi connectivity index (χ0) is 37.6. The molecule has 0 bridgehead atoms. The number of nitrogens with zero attached hydrogens (tertiary/aromatic N) is 4. The molecular formula is C31H21FN7Na3O10S3. The molecule has 0 saturated carbocycles. The third-order valence-electron chi connectivity index (χ3n) is 7.59. The standard InChI is InChI=1S/C31H24FN7O10S3.3Na/c1-2-16-6-3-4-8-22(16)34-31-36-29(32)35-30(37-31)33-18-10-11-19-17(14-18)15-25(51(44,45)46)26(27(19)40)39-38-23-13-12-20-21(28(23)52(47,48)49)7-5-9-24(20)50(41,42)43;;;/h3-15,38H,2H2,1H3,(H,41,42,43)(H,44,45,46)(H,47,48,49)(H2,33,34,35,36,37);;;/q;3*+1/p-3/b39-26-;;;. The van der Waals surface area contributed by atoms with Gasteiger partial charge in [0.25, 0.3) is 0 Å². The van der Waals surface area contributed by atoms with Gasteiger partial charge in [-0.1, -0.05) is 43.3 Å². The summed E-state index contributed by atoms with van der Waals surface area (Å²) in [5.41, 5.74) is 1.93. The van der Waals surface area contributed by atoms with Crippen molar-refractivity contribution in [2.75, 3.05) is 16.1 Å². The molecule has 55 heavy (non-hydrogen) atoms. The van der Waals surface area contributed by atoms with E-state index in [9.17, 15) is 48.1 Å². The number of anilines is 5. The van der Waals surface area contributed by atoms with Crippen LogP contribution in [0.2, 0.25) is 0 Å². The zero-order valence-electron chi connectivity index (χ0n) is 29.2. The van der Waals surface area contributed by atoms with E-state index in [1.165, 1.54) is 18.2 Å². The predicted octanol–water partition coefficient (Wildman–Crippen LogP) is -5.42. The molecule has 0 amide bonds. The number of hydrogen-bond donors (Lipinski definition) is 3. The summed E-state index contributed by atoms with van der Waals surface area (Å²) in [5, 5.41) is 8.44. The third kappa shape index (κ3) is 10.4. The summed E-state index contributed by atoms with van der Waals surface area (Å²) in [4.78, 5) is 21.9. The topological polar surface area (TPSA) is 276 Å². The van der Waals surface area contributed by atoms with Gasteiger partial charge in [0.05, 0.1) is 20.4 Å². The van der Waals surface area contributed by atoms with E-state index in [0.717, 1.165) is 42.0 Å². The van der Waals surface area contributed by atoms with Gasteiger partial charge in [-0.15, -0.1) is 0 Å². The molecule has 5 aromatic rings. The van der Waals surface area contributed by atoms with Crippen LogP contribution >= 0.6 is 0 Å². The molecule has 1 heterocycles. The molecule has 1 aliphatic carbocycles. The molecular weight excluding hydrogens is 815 g/mol. The van der Waals surface area contributed by atoms with E-state index < -0.39 is 79.1 Å². The molecule has 0 radical (unpaired) electrons. The number of carbonyl (C=O) groups is 1. The number of carbonyl (C=O) groups excluding carboxylic acids is 1. The summed E-state index contributed by atoms with van der Waals surface area (Å²) in [7, 11) is -16.0. The first kappa shape index (κ1) is 46.7. The Balaban J connectivity index is 0.00000271. The molecule has 17 nitrogen and oxygen atoms in total. The van der Waals surface area contributed by atoms with Crippen molar-refractivity contribution in [1.29, 1.82) is 0 Å². The Kier molecular flexibility index (Phi) is 15.5. The maximum absolute atomic E-state index is 14.4. The van der Waals surface area contributed by atoms with Crippen molar-refractivity contribution in [2.24, 2.45) is 5.10 Å².